The maximum Gasteiger partial charge on any atom is 0.274 e. The zero-order chi connectivity index (χ0) is 19.8. The third-order valence-electron chi connectivity index (χ3n) is 6.08. The maximum atomic E-state index is 13.0. The van der Waals surface area contributed by atoms with Crippen molar-refractivity contribution >= 4 is 22.5 Å². The first-order chi connectivity index (χ1) is 13.5. The highest BCUT2D eigenvalue weighted by Crippen LogP contribution is 2.27. The number of nitrogens with zero attached hydrogens (tertiary/aromatic N) is 3. The van der Waals surface area contributed by atoms with Gasteiger partial charge in [0.25, 0.3) is 11.5 Å². The van der Waals surface area contributed by atoms with Gasteiger partial charge in [-0.15, -0.1) is 0 Å². The van der Waals surface area contributed by atoms with Gasteiger partial charge in [0.05, 0.1) is 17.2 Å². The van der Waals surface area contributed by atoms with Crippen LogP contribution in [0, 0.1) is 6.92 Å². The van der Waals surface area contributed by atoms with Gasteiger partial charge in [-0.3, -0.25) is 14.0 Å². The fourth-order valence-electron chi connectivity index (χ4n) is 4.38. The zero-order valence-corrected chi connectivity index (χ0v) is 16.9. The Morgan fingerprint density at radius 3 is 2.54 bits per heavy atom. The molecule has 6 nitrogen and oxygen atoms in total. The Balaban J connectivity index is 1.91. The second-order valence-corrected chi connectivity index (χ2v) is 7.84. The zero-order valence-electron chi connectivity index (χ0n) is 16.9. The number of aromatic nitrogens is 3. The van der Waals surface area contributed by atoms with Crippen molar-refractivity contribution < 1.29 is 4.79 Å². The summed E-state index contributed by atoms with van der Waals surface area (Å²) in [5.41, 5.74) is 3.59. The van der Waals surface area contributed by atoms with Crippen molar-refractivity contribution in [3.8, 4) is 0 Å². The normalized spacial score (nSPS) is 15.1. The molecule has 0 bridgehead atoms. The molecule has 4 rings (SSSR count). The van der Waals surface area contributed by atoms with E-state index in [4.69, 9.17) is 0 Å². The van der Waals surface area contributed by atoms with Crippen LogP contribution in [0.1, 0.15) is 73.6 Å². The predicted molar refractivity (Wildman–Crippen MR) is 111 cm³/mol. The number of H-pyrrole nitrogens is 1. The number of imidazole rings is 1. The second kappa shape index (κ2) is 7.41. The van der Waals surface area contributed by atoms with Crippen LogP contribution < -0.4 is 5.56 Å². The maximum absolute atomic E-state index is 13.0. The smallest absolute Gasteiger partial charge is 0.274 e. The molecule has 1 saturated heterocycles. The fourth-order valence-corrected chi connectivity index (χ4v) is 4.38. The van der Waals surface area contributed by atoms with Crippen LogP contribution in [0.15, 0.2) is 23.1 Å². The Hall–Kier alpha value is -2.63. The number of aromatic amines is 1. The number of nitrogens with one attached hydrogen (secondary N) is 1. The van der Waals surface area contributed by atoms with E-state index in [0.29, 0.717) is 22.5 Å². The molecule has 2 aromatic heterocycles. The first-order valence-electron chi connectivity index (χ1n) is 10.4. The monoisotopic (exact) mass is 380 g/mol. The third-order valence-corrected chi connectivity index (χ3v) is 6.08. The number of benzene rings is 1. The van der Waals surface area contributed by atoms with E-state index in [-0.39, 0.29) is 11.5 Å². The Morgan fingerprint density at radius 1 is 1.14 bits per heavy atom. The van der Waals surface area contributed by atoms with Gasteiger partial charge in [-0.05, 0) is 56.7 Å². The molecular formula is C22H28N4O2. The van der Waals surface area contributed by atoms with Crippen LogP contribution in [-0.2, 0) is 0 Å². The number of carbonyl (C=O) groups excluding carboxylic acids is 1. The second-order valence-electron chi connectivity index (χ2n) is 7.84. The van der Waals surface area contributed by atoms with E-state index in [1.54, 1.807) is 6.20 Å². The number of hydrogen-bond donors (Lipinski definition) is 1. The summed E-state index contributed by atoms with van der Waals surface area (Å²) in [6, 6.07) is 3.86. The van der Waals surface area contributed by atoms with Gasteiger partial charge in [-0.25, -0.2) is 4.98 Å². The van der Waals surface area contributed by atoms with E-state index in [1.165, 1.54) is 6.42 Å². The van der Waals surface area contributed by atoms with Crippen LogP contribution in [0.3, 0.4) is 0 Å². The molecule has 1 amide bonds. The fraction of sp³-hybridized carbons (Fsp3) is 0.500. The highest BCUT2D eigenvalue weighted by atomic mass is 16.2. The molecular weight excluding hydrogens is 352 g/mol. The van der Waals surface area contributed by atoms with Crippen molar-refractivity contribution in [1.82, 2.24) is 19.3 Å². The van der Waals surface area contributed by atoms with E-state index < -0.39 is 0 Å². The van der Waals surface area contributed by atoms with Crippen LogP contribution in [-0.4, -0.2) is 38.3 Å². The molecule has 148 valence electrons. The SMILES string of the molecule is CCC(CC)c1ncc2c(=O)[nH]c3cc(C(=O)N4CCCCC4)c(C)cc3n12. The molecule has 0 unspecified atom stereocenters. The molecule has 0 saturated carbocycles. The number of aryl methyl sites for hydroxylation is 1. The summed E-state index contributed by atoms with van der Waals surface area (Å²) >= 11 is 0. The third kappa shape index (κ3) is 3.01. The molecule has 6 heteroatoms. The minimum Gasteiger partial charge on any atom is -0.339 e. The lowest BCUT2D eigenvalue weighted by Gasteiger charge is -2.27. The molecule has 28 heavy (non-hydrogen) atoms. The van der Waals surface area contributed by atoms with Gasteiger partial charge in [0, 0.05) is 24.6 Å². The first-order valence-corrected chi connectivity index (χ1v) is 10.4. The molecule has 0 spiro atoms. The summed E-state index contributed by atoms with van der Waals surface area (Å²) in [5.74, 6) is 1.28. The van der Waals surface area contributed by atoms with Crippen molar-refractivity contribution in [3.63, 3.8) is 0 Å². The van der Waals surface area contributed by atoms with Crippen molar-refractivity contribution in [2.75, 3.05) is 13.1 Å². The van der Waals surface area contributed by atoms with Gasteiger partial charge in [0.1, 0.15) is 11.3 Å². The lowest BCUT2D eigenvalue weighted by Crippen LogP contribution is -2.36. The molecule has 1 aliphatic rings. The number of piperidine rings is 1. The molecule has 3 aromatic rings. The minimum absolute atomic E-state index is 0.0610. The minimum atomic E-state index is -0.169. The summed E-state index contributed by atoms with van der Waals surface area (Å²) in [4.78, 5) is 35.2. The number of hydrogen-bond acceptors (Lipinski definition) is 3. The summed E-state index contributed by atoms with van der Waals surface area (Å²) in [7, 11) is 0. The number of likely N-dealkylation sites (tertiary alicyclic amines) is 1. The molecule has 1 aliphatic heterocycles. The number of rotatable bonds is 4. The molecule has 0 radical (unpaired) electrons. The van der Waals surface area contributed by atoms with Gasteiger partial charge in [0.2, 0.25) is 0 Å². The number of fused-ring (bicyclic) bond motifs is 3. The Bertz CT molecular complexity index is 1090. The van der Waals surface area contributed by atoms with Crippen LogP contribution in [0.25, 0.3) is 16.6 Å². The summed E-state index contributed by atoms with van der Waals surface area (Å²) in [6.07, 6.45) is 6.90. The lowest BCUT2D eigenvalue weighted by atomic mass is 10.0. The Morgan fingerprint density at radius 2 is 1.86 bits per heavy atom. The van der Waals surface area contributed by atoms with Crippen molar-refractivity contribution in [1.29, 1.82) is 0 Å². The summed E-state index contributed by atoms with van der Waals surface area (Å²) in [6.45, 7) is 7.89. The highest BCUT2D eigenvalue weighted by Gasteiger charge is 2.22. The van der Waals surface area contributed by atoms with Crippen LogP contribution >= 0.6 is 0 Å². The predicted octanol–water partition coefficient (Wildman–Crippen LogP) is 4.01. The molecule has 0 aliphatic carbocycles. The molecule has 1 aromatic carbocycles. The van der Waals surface area contributed by atoms with E-state index >= 15 is 0 Å². The van der Waals surface area contributed by atoms with Crippen LogP contribution in [0.5, 0.6) is 0 Å². The van der Waals surface area contributed by atoms with Gasteiger partial charge in [0.15, 0.2) is 0 Å². The largest absolute Gasteiger partial charge is 0.339 e. The Kier molecular flexibility index (Phi) is 4.96. The average Bonchev–Trinajstić information content (AvgIpc) is 3.15. The van der Waals surface area contributed by atoms with Gasteiger partial charge in [-0.1, -0.05) is 13.8 Å². The molecule has 1 fully saturated rings. The van der Waals surface area contributed by atoms with Gasteiger partial charge in [-0.2, -0.15) is 0 Å². The van der Waals surface area contributed by atoms with E-state index in [2.05, 4.69) is 23.8 Å². The quantitative estimate of drug-likeness (QED) is 0.743. The molecule has 1 N–H and O–H groups in total. The van der Waals surface area contributed by atoms with E-state index in [1.807, 2.05) is 28.4 Å². The number of carbonyl (C=O) groups is 1. The summed E-state index contributed by atoms with van der Waals surface area (Å²) < 4.78 is 1.98. The van der Waals surface area contributed by atoms with Crippen molar-refractivity contribution in [2.45, 2.75) is 58.8 Å². The van der Waals surface area contributed by atoms with Crippen LogP contribution in [0.2, 0.25) is 0 Å². The van der Waals surface area contributed by atoms with Crippen LogP contribution in [0.4, 0.5) is 0 Å². The van der Waals surface area contributed by atoms with Gasteiger partial charge >= 0.3 is 0 Å². The number of amides is 1. The first kappa shape index (κ1) is 18.7. The van der Waals surface area contributed by atoms with Crippen molar-refractivity contribution in [2.24, 2.45) is 0 Å². The molecule has 0 atom stereocenters. The Labute approximate surface area is 164 Å². The van der Waals surface area contributed by atoms with E-state index in [9.17, 15) is 9.59 Å². The van der Waals surface area contributed by atoms with E-state index in [0.717, 1.165) is 55.7 Å². The topological polar surface area (TPSA) is 70.5 Å². The standard InChI is InChI=1S/C22H28N4O2/c1-4-15(5-2)20-23-13-19-21(27)24-17-12-16(14(3)11-18(17)26(19)20)22(28)25-9-7-6-8-10-25/h11-13,15H,4-10H2,1-3H3,(H,24,27). The lowest BCUT2D eigenvalue weighted by molar-refractivity contribution is 0.0723. The average molecular weight is 380 g/mol. The van der Waals surface area contributed by atoms with Crippen molar-refractivity contribution in [3.05, 3.63) is 45.6 Å². The molecule has 3 heterocycles. The van der Waals surface area contributed by atoms with Gasteiger partial charge < -0.3 is 9.88 Å². The highest BCUT2D eigenvalue weighted by molar-refractivity contribution is 5.99. The summed E-state index contributed by atoms with van der Waals surface area (Å²) in [5, 5.41) is 0.